The van der Waals surface area contributed by atoms with Gasteiger partial charge in [0.05, 0.1) is 5.39 Å². The molecule has 0 aliphatic heterocycles. The summed E-state index contributed by atoms with van der Waals surface area (Å²) >= 11 is 0. The number of esters is 1. The van der Waals surface area contributed by atoms with Gasteiger partial charge in [0.25, 0.3) is 5.91 Å². The molecule has 7 nitrogen and oxygen atoms in total. The number of aromatic nitrogens is 3. The van der Waals surface area contributed by atoms with Gasteiger partial charge in [-0.25, -0.2) is 9.97 Å². The van der Waals surface area contributed by atoms with Gasteiger partial charge in [-0.1, -0.05) is 0 Å². The summed E-state index contributed by atoms with van der Waals surface area (Å²) in [6.07, 6.45) is 2.89. The normalized spacial score (nSPS) is 11.6. The van der Waals surface area contributed by atoms with Crippen molar-refractivity contribution in [3.05, 3.63) is 24.3 Å². The molecule has 2 heterocycles. The van der Waals surface area contributed by atoms with Gasteiger partial charge in [0.2, 0.25) is 0 Å². The second-order valence-corrected chi connectivity index (χ2v) is 5.35. The van der Waals surface area contributed by atoms with E-state index in [1.54, 1.807) is 37.6 Å². The first-order chi connectivity index (χ1) is 9.28. The van der Waals surface area contributed by atoms with Crippen molar-refractivity contribution < 1.29 is 14.3 Å². The molecular weight excluding hydrogens is 260 g/mol. The molecule has 0 fully saturated rings. The number of rotatable bonds is 3. The fourth-order valence-electron chi connectivity index (χ4n) is 1.84. The molecule has 0 saturated heterocycles. The maximum absolute atomic E-state index is 11.8. The molecule has 2 rings (SSSR count). The molecule has 0 aliphatic rings. The van der Waals surface area contributed by atoms with E-state index in [9.17, 15) is 9.59 Å². The van der Waals surface area contributed by atoms with Crippen LogP contribution in [0.15, 0.2) is 18.6 Å². The van der Waals surface area contributed by atoms with Crippen molar-refractivity contribution in [2.45, 2.75) is 32.9 Å². The number of amides is 1. The van der Waals surface area contributed by atoms with Crippen LogP contribution in [0.4, 0.5) is 0 Å². The molecule has 0 radical (unpaired) electrons. The van der Waals surface area contributed by atoms with Crippen molar-refractivity contribution in [3.8, 4) is 0 Å². The molecule has 0 aliphatic carbocycles. The van der Waals surface area contributed by atoms with Crippen molar-refractivity contribution in [2.75, 3.05) is 0 Å². The monoisotopic (exact) mass is 276 g/mol. The van der Waals surface area contributed by atoms with Crippen LogP contribution < -0.4 is 5.73 Å². The number of ether oxygens (including phenoxy) is 1. The van der Waals surface area contributed by atoms with Crippen molar-refractivity contribution >= 4 is 22.9 Å². The summed E-state index contributed by atoms with van der Waals surface area (Å²) in [6, 6.07) is 1.65. The van der Waals surface area contributed by atoms with Gasteiger partial charge >= 0.3 is 5.97 Å². The standard InChI is InChI=1S/C13H16N4O3/c1-13(2,3)20-9(18)6-17-5-4-8-10(11(14)19)15-7-16-12(8)17/h4-5,7H,6H2,1-3H3,(H2,14,19). The van der Waals surface area contributed by atoms with Crippen LogP contribution >= 0.6 is 0 Å². The van der Waals surface area contributed by atoms with Gasteiger partial charge in [-0.2, -0.15) is 0 Å². The van der Waals surface area contributed by atoms with Crippen LogP contribution in [0.2, 0.25) is 0 Å². The third-order valence-electron chi connectivity index (χ3n) is 2.51. The predicted molar refractivity (Wildman–Crippen MR) is 71.9 cm³/mol. The van der Waals surface area contributed by atoms with Crippen LogP contribution in [-0.2, 0) is 16.1 Å². The van der Waals surface area contributed by atoms with Crippen LogP contribution in [0.1, 0.15) is 31.3 Å². The van der Waals surface area contributed by atoms with E-state index < -0.39 is 11.5 Å². The van der Waals surface area contributed by atoms with Crippen molar-refractivity contribution in [3.63, 3.8) is 0 Å². The largest absolute Gasteiger partial charge is 0.459 e. The minimum absolute atomic E-state index is 0.00991. The van der Waals surface area contributed by atoms with Crippen LogP contribution in [0, 0.1) is 0 Å². The zero-order valence-corrected chi connectivity index (χ0v) is 11.6. The van der Waals surface area contributed by atoms with E-state index >= 15 is 0 Å². The number of carbonyl (C=O) groups excluding carboxylic acids is 2. The number of primary amides is 1. The van der Waals surface area contributed by atoms with Crippen LogP contribution in [0.3, 0.4) is 0 Å². The number of nitrogens with two attached hydrogens (primary N) is 1. The predicted octanol–water partition coefficient (Wildman–Crippen LogP) is 0.872. The van der Waals surface area contributed by atoms with E-state index in [-0.39, 0.29) is 18.2 Å². The zero-order chi connectivity index (χ0) is 14.9. The Hall–Kier alpha value is -2.44. The summed E-state index contributed by atoms with van der Waals surface area (Å²) in [5, 5.41) is 0.517. The number of fused-ring (bicyclic) bond motifs is 1. The van der Waals surface area contributed by atoms with Gasteiger partial charge in [0.15, 0.2) is 0 Å². The van der Waals surface area contributed by atoms with Gasteiger partial charge in [-0.3, -0.25) is 9.59 Å². The molecule has 0 saturated carbocycles. The molecule has 2 aromatic rings. The van der Waals surface area contributed by atoms with Gasteiger partial charge in [-0.05, 0) is 26.8 Å². The highest BCUT2D eigenvalue weighted by molar-refractivity contribution is 6.02. The molecule has 2 N–H and O–H groups in total. The molecule has 106 valence electrons. The highest BCUT2D eigenvalue weighted by Gasteiger charge is 2.18. The first-order valence-corrected chi connectivity index (χ1v) is 6.09. The Morgan fingerprint density at radius 3 is 2.65 bits per heavy atom. The van der Waals surface area contributed by atoms with E-state index in [1.165, 1.54) is 6.33 Å². The van der Waals surface area contributed by atoms with Gasteiger partial charge in [0, 0.05) is 6.20 Å². The summed E-state index contributed by atoms with van der Waals surface area (Å²) in [7, 11) is 0. The second-order valence-electron chi connectivity index (χ2n) is 5.35. The first-order valence-electron chi connectivity index (χ1n) is 6.09. The highest BCUT2D eigenvalue weighted by atomic mass is 16.6. The molecular formula is C13H16N4O3. The zero-order valence-electron chi connectivity index (χ0n) is 11.6. The van der Waals surface area contributed by atoms with Crippen LogP contribution in [0.5, 0.6) is 0 Å². The lowest BCUT2D eigenvalue weighted by Crippen LogP contribution is -2.26. The molecule has 0 aromatic carbocycles. The fraction of sp³-hybridized carbons (Fsp3) is 0.385. The topological polar surface area (TPSA) is 100 Å². The Kier molecular flexibility index (Phi) is 3.44. The number of carbonyl (C=O) groups is 2. The summed E-state index contributed by atoms with van der Waals surface area (Å²) < 4.78 is 6.84. The van der Waals surface area contributed by atoms with E-state index in [0.29, 0.717) is 11.0 Å². The van der Waals surface area contributed by atoms with E-state index in [2.05, 4.69) is 9.97 Å². The summed E-state index contributed by atoms with van der Waals surface area (Å²) in [5.41, 5.74) is 5.30. The molecule has 2 aromatic heterocycles. The lowest BCUT2D eigenvalue weighted by atomic mass is 10.2. The molecule has 0 atom stereocenters. The fourth-order valence-corrected chi connectivity index (χ4v) is 1.84. The Morgan fingerprint density at radius 1 is 1.35 bits per heavy atom. The number of nitrogens with zero attached hydrogens (tertiary/aromatic N) is 3. The van der Waals surface area contributed by atoms with Crippen molar-refractivity contribution in [1.82, 2.24) is 14.5 Å². The quantitative estimate of drug-likeness (QED) is 0.838. The van der Waals surface area contributed by atoms with E-state index in [1.807, 2.05) is 0 Å². The minimum Gasteiger partial charge on any atom is -0.459 e. The Balaban J connectivity index is 2.31. The van der Waals surface area contributed by atoms with Gasteiger partial charge in [-0.15, -0.1) is 0 Å². The minimum atomic E-state index is -0.632. The maximum Gasteiger partial charge on any atom is 0.326 e. The van der Waals surface area contributed by atoms with Crippen molar-refractivity contribution in [2.24, 2.45) is 5.73 Å². The smallest absolute Gasteiger partial charge is 0.326 e. The van der Waals surface area contributed by atoms with E-state index in [0.717, 1.165) is 0 Å². The average Bonchev–Trinajstić information content (AvgIpc) is 2.69. The maximum atomic E-state index is 11.8. The Labute approximate surface area is 115 Å². The van der Waals surface area contributed by atoms with Crippen molar-refractivity contribution in [1.29, 1.82) is 0 Å². The number of hydrogen-bond acceptors (Lipinski definition) is 5. The molecule has 0 bridgehead atoms. The molecule has 20 heavy (non-hydrogen) atoms. The summed E-state index contributed by atoms with van der Waals surface area (Å²) in [5.74, 6) is -1.01. The van der Waals surface area contributed by atoms with Gasteiger partial charge < -0.3 is 15.0 Å². The molecule has 7 heteroatoms. The SMILES string of the molecule is CC(C)(C)OC(=O)Cn1ccc2c(C(N)=O)ncnc21. The van der Waals surface area contributed by atoms with Gasteiger partial charge in [0.1, 0.15) is 29.8 Å². The Bertz CT molecular complexity index is 670. The molecule has 1 amide bonds. The summed E-state index contributed by atoms with van der Waals surface area (Å²) in [4.78, 5) is 31.0. The Morgan fingerprint density at radius 2 is 2.05 bits per heavy atom. The average molecular weight is 276 g/mol. The summed E-state index contributed by atoms with van der Waals surface area (Å²) in [6.45, 7) is 5.40. The lowest BCUT2D eigenvalue weighted by molar-refractivity contribution is -0.155. The molecule has 0 unspecified atom stereocenters. The third-order valence-corrected chi connectivity index (χ3v) is 2.51. The van der Waals surface area contributed by atoms with Crippen LogP contribution in [0.25, 0.3) is 11.0 Å². The third kappa shape index (κ3) is 2.93. The van der Waals surface area contributed by atoms with Crippen LogP contribution in [-0.4, -0.2) is 32.0 Å². The second kappa shape index (κ2) is 4.92. The van der Waals surface area contributed by atoms with E-state index in [4.69, 9.17) is 10.5 Å². The number of hydrogen-bond donors (Lipinski definition) is 1. The first kappa shape index (κ1) is 14.0. The highest BCUT2D eigenvalue weighted by Crippen LogP contribution is 2.16. The lowest BCUT2D eigenvalue weighted by Gasteiger charge is -2.19. The molecule has 0 spiro atoms.